The molecule has 0 saturated heterocycles. The number of aromatic nitrogens is 1. The molecule has 0 fully saturated rings. The van der Waals surface area contributed by atoms with E-state index in [-0.39, 0.29) is 0 Å². The summed E-state index contributed by atoms with van der Waals surface area (Å²) < 4.78 is 0. The molecule has 0 unspecified atom stereocenters. The fourth-order valence-electron chi connectivity index (χ4n) is 3.05. The van der Waals surface area contributed by atoms with Gasteiger partial charge < -0.3 is 10.7 Å². The molecule has 0 aliphatic rings. The van der Waals surface area contributed by atoms with Crippen molar-refractivity contribution in [3.05, 3.63) is 57.6 Å². The zero-order chi connectivity index (χ0) is 16.4. The average molecular weight is 347 g/mol. The number of hydrogen-bond donors (Lipinski definition) is 2. The van der Waals surface area contributed by atoms with Gasteiger partial charge in [0.25, 0.3) is 0 Å². The summed E-state index contributed by atoms with van der Waals surface area (Å²) in [7, 11) is 0. The van der Waals surface area contributed by atoms with Crippen molar-refractivity contribution in [2.24, 2.45) is 5.73 Å². The van der Waals surface area contributed by atoms with Crippen molar-refractivity contribution in [2.45, 2.75) is 26.2 Å². The predicted molar refractivity (Wildman–Crippen MR) is 100 cm³/mol. The number of hydrogen-bond acceptors (Lipinski definition) is 1. The lowest BCUT2D eigenvalue weighted by atomic mass is 9.99. The minimum absolute atomic E-state index is 0.649. The molecule has 0 aliphatic heterocycles. The molecule has 1 heterocycles. The van der Waals surface area contributed by atoms with Crippen molar-refractivity contribution in [1.29, 1.82) is 0 Å². The van der Waals surface area contributed by atoms with Crippen molar-refractivity contribution in [2.75, 3.05) is 6.54 Å². The van der Waals surface area contributed by atoms with E-state index in [1.165, 1.54) is 22.0 Å². The Labute approximate surface area is 146 Å². The standard InChI is InChI=1S/C19H20Cl2N2/c1-12-5-4-7-14-15(6-2-3-10-22)19(23-18(12)14)16-9-8-13(20)11-17(16)21/h4-5,7-9,11,23H,2-3,6,10,22H2,1H3. The van der Waals surface area contributed by atoms with E-state index >= 15 is 0 Å². The number of aryl methyl sites for hydroxylation is 2. The van der Waals surface area contributed by atoms with E-state index < -0.39 is 0 Å². The molecule has 23 heavy (non-hydrogen) atoms. The number of nitrogens with one attached hydrogen (secondary N) is 1. The lowest BCUT2D eigenvalue weighted by molar-refractivity contribution is 0.748. The Morgan fingerprint density at radius 1 is 1.09 bits per heavy atom. The molecule has 2 aromatic carbocycles. The molecule has 120 valence electrons. The number of aromatic amines is 1. The lowest BCUT2D eigenvalue weighted by Gasteiger charge is -2.07. The summed E-state index contributed by atoms with van der Waals surface area (Å²) in [6, 6.07) is 12.0. The van der Waals surface area contributed by atoms with E-state index in [1.807, 2.05) is 12.1 Å². The van der Waals surface area contributed by atoms with E-state index in [0.29, 0.717) is 10.0 Å². The molecule has 0 radical (unpaired) electrons. The van der Waals surface area contributed by atoms with Gasteiger partial charge in [0, 0.05) is 21.5 Å². The highest BCUT2D eigenvalue weighted by molar-refractivity contribution is 6.36. The SMILES string of the molecule is Cc1cccc2c(CCCCN)c(-c3ccc(Cl)cc3Cl)[nH]c12. The Morgan fingerprint density at radius 2 is 1.91 bits per heavy atom. The smallest absolute Gasteiger partial charge is 0.0514 e. The molecular weight excluding hydrogens is 327 g/mol. The number of halogens is 2. The Hall–Kier alpha value is -1.48. The number of fused-ring (bicyclic) bond motifs is 1. The molecule has 0 saturated carbocycles. The summed E-state index contributed by atoms with van der Waals surface area (Å²) in [5.74, 6) is 0. The van der Waals surface area contributed by atoms with Gasteiger partial charge in [-0.1, -0.05) is 41.4 Å². The van der Waals surface area contributed by atoms with Crippen LogP contribution in [0.25, 0.3) is 22.2 Å². The number of benzene rings is 2. The Balaban J connectivity index is 2.17. The minimum atomic E-state index is 0.649. The fraction of sp³-hybridized carbons (Fsp3) is 0.263. The van der Waals surface area contributed by atoms with Crippen LogP contribution in [-0.2, 0) is 6.42 Å². The van der Waals surface area contributed by atoms with Crippen LogP contribution >= 0.6 is 23.2 Å². The first-order valence-electron chi connectivity index (χ1n) is 7.87. The highest BCUT2D eigenvalue weighted by Gasteiger charge is 2.16. The molecule has 3 aromatic rings. The van der Waals surface area contributed by atoms with Gasteiger partial charge in [0.15, 0.2) is 0 Å². The van der Waals surface area contributed by atoms with Crippen molar-refractivity contribution in [3.63, 3.8) is 0 Å². The van der Waals surface area contributed by atoms with E-state index in [0.717, 1.165) is 37.1 Å². The van der Waals surface area contributed by atoms with Gasteiger partial charge in [-0.15, -0.1) is 0 Å². The van der Waals surface area contributed by atoms with Crippen LogP contribution in [0.15, 0.2) is 36.4 Å². The van der Waals surface area contributed by atoms with Gasteiger partial charge in [0.2, 0.25) is 0 Å². The maximum atomic E-state index is 6.44. The van der Waals surface area contributed by atoms with Crippen molar-refractivity contribution >= 4 is 34.1 Å². The first kappa shape index (κ1) is 16.4. The fourth-order valence-corrected chi connectivity index (χ4v) is 3.55. The zero-order valence-electron chi connectivity index (χ0n) is 13.1. The average Bonchev–Trinajstić information content (AvgIpc) is 2.88. The quantitative estimate of drug-likeness (QED) is 0.569. The van der Waals surface area contributed by atoms with Crippen LogP contribution in [0.5, 0.6) is 0 Å². The summed E-state index contributed by atoms with van der Waals surface area (Å²) in [4.78, 5) is 3.58. The van der Waals surface area contributed by atoms with Gasteiger partial charge in [-0.2, -0.15) is 0 Å². The number of rotatable bonds is 5. The van der Waals surface area contributed by atoms with Crippen LogP contribution in [0.2, 0.25) is 10.0 Å². The maximum absolute atomic E-state index is 6.44. The predicted octanol–water partition coefficient (Wildman–Crippen LogP) is 5.73. The lowest BCUT2D eigenvalue weighted by Crippen LogP contribution is -1.99. The summed E-state index contributed by atoms with van der Waals surface area (Å²) in [6.45, 7) is 2.84. The topological polar surface area (TPSA) is 41.8 Å². The molecule has 0 bridgehead atoms. The Morgan fingerprint density at radius 3 is 2.65 bits per heavy atom. The van der Waals surface area contributed by atoms with Crippen molar-refractivity contribution in [1.82, 2.24) is 4.98 Å². The second kappa shape index (κ2) is 6.96. The first-order chi connectivity index (χ1) is 11.1. The second-order valence-electron chi connectivity index (χ2n) is 5.85. The van der Waals surface area contributed by atoms with Crippen molar-refractivity contribution < 1.29 is 0 Å². The Bertz CT molecular complexity index is 837. The van der Waals surface area contributed by atoms with E-state index in [2.05, 4.69) is 30.1 Å². The number of para-hydroxylation sites is 1. The third-order valence-corrected chi connectivity index (χ3v) is 4.78. The second-order valence-corrected chi connectivity index (χ2v) is 6.69. The van der Waals surface area contributed by atoms with Gasteiger partial charge >= 0.3 is 0 Å². The zero-order valence-corrected chi connectivity index (χ0v) is 14.6. The molecule has 0 spiro atoms. The summed E-state index contributed by atoms with van der Waals surface area (Å²) in [6.07, 6.45) is 3.07. The summed E-state index contributed by atoms with van der Waals surface area (Å²) >= 11 is 12.5. The number of H-pyrrole nitrogens is 1. The van der Waals surface area contributed by atoms with Crippen LogP contribution in [0.3, 0.4) is 0 Å². The third kappa shape index (κ3) is 3.25. The highest BCUT2D eigenvalue weighted by atomic mass is 35.5. The molecule has 0 aliphatic carbocycles. The van der Waals surface area contributed by atoms with Gasteiger partial charge in [-0.3, -0.25) is 0 Å². The highest BCUT2D eigenvalue weighted by Crippen LogP contribution is 2.37. The minimum Gasteiger partial charge on any atom is -0.354 e. The van der Waals surface area contributed by atoms with Crippen LogP contribution in [0.4, 0.5) is 0 Å². The van der Waals surface area contributed by atoms with Gasteiger partial charge in [-0.25, -0.2) is 0 Å². The van der Waals surface area contributed by atoms with Gasteiger partial charge in [0.1, 0.15) is 0 Å². The summed E-state index contributed by atoms with van der Waals surface area (Å²) in [5, 5.41) is 2.58. The maximum Gasteiger partial charge on any atom is 0.0514 e. The molecule has 2 nitrogen and oxygen atoms in total. The van der Waals surface area contributed by atoms with Gasteiger partial charge in [-0.05, 0) is 62.1 Å². The number of unbranched alkanes of at least 4 members (excludes halogenated alkanes) is 1. The van der Waals surface area contributed by atoms with E-state index in [4.69, 9.17) is 28.9 Å². The largest absolute Gasteiger partial charge is 0.354 e. The monoisotopic (exact) mass is 346 g/mol. The van der Waals surface area contributed by atoms with Gasteiger partial charge in [0.05, 0.1) is 10.7 Å². The van der Waals surface area contributed by atoms with Crippen molar-refractivity contribution in [3.8, 4) is 11.3 Å². The first-order valence-corrected chi connectivity index (χ1v) is 8.63. The van der Waals surface area contributed by atoms with E-state index in [9.17, 15) is 0 Å². The third-order valence-electron chi connectivity index (χ3n) is 4.23. The summed E-state index contributed by atoms with van der Waals surface area (Å²) in [5.41, 5.74) is 11.5. The normalized spacial score (nSPS) is 11.3. The molecule has 1 aromatic heterocycles. The molecule has 3 N–H and O–H groups in total. The molecular formula is C19H20Cl2N2. The molecule has 0 atom stereocenters. The molecule has 4 heteroatoms. The van der Waals surface area contributed by atoms with Crippen LogP contribution in [0, 0.1) is 6.92 Å². The van der Waals surface area contributed by atoms with Crippen LogP contribution < -0.4 is 5.73 Å². The number of nitrogens with two attached hydrogens (primary N) is 1. The molecule has 0 amide bonds. The van der Waals surface area contributed by atoms with E-state index in [1.54, 1.807) is 6.07 Å². The van der Waals surface area contributed by atoms with Crippen LogP contribution in [0.1, 0.15) is 24.0 Å². The Kier molecular flexibility index (Phi) is 4.96. The van der Waals surface area contributed by atoms with Crippen LogP contribution in [-0.4, -0.2) is 11.5 Å². The molecule has 3 rings (SSSR count).